The van der Waals surface area contributed by atoms with Crippen LogP contribution in [-0.2, 0) is 41.1 Å². The van der Waals surface area contributed by atoms with Crippen molar-refractivity contribution in [2.24, 2.45) is 11.8 Å². The monoisotopic (exact) mass is 1540 g/mol. The molecule has 100 heavy (non-hydrogen) atoms. The Balaban J connectivity index is 0.000000187. The maximum Gasteiger partial charge on any atom is 0.496 e. The number of rotatable bonds is 30. The zero-order valence-corrected chi connectivity index (χ0v) is 69.7. The predicted octanol–water partition coefficient (Wildman–Crippen LogP) is 18.9. The Labute approximate surface area is 617 Å². The van der Waals surface area contributed by atoms with Crippen molar-refractivity contribution in [1.82, 2.24) is 39.2 Å². The Hall–Kier alpha value is -5.00. The number of nitrogens with zero attached hydrogens (tertiary/aromatic N) is 10. The highest BCUT2D eigenvalue weighted by molar-refractivity contribution is 14.1. The van der Waals surface area contributed by atoms with Gasteiger partial charge < -0.3 is 38.1 Å². The van der Waals surface area contributed by atoms with Crippen LogP contribution in [0.1, 0.15) is 103 Å². The lowest BCUT2D eigenvalue weighted by atomic mass is 9.80. The zero-order valence-electron chi connectivity index (χ0n) is 63.5. The number of hydrogen-bond acceptors (Lipinski definition) is 14. The van der Waals surface area contributed by atoms with Crippen LogP contribution in [-0.4, -0.2) is 143 Å². The molecule has 0 unspecified atom stereocenters. The summed E-state index contributed by atoms with van der Waals surface area (Å²) in [5.74, 6) is 3.42. The lowest BCUT2D eigenvalue weighted by Crippen LogP contribution is -2.41. The number of aromatic nitrogens is 8. The van der Waals surface area contributed by atoms with E-state index in [1.165, 1.54) is 69.9 Å². The molecule has 16 nitrogen and oxygen atoms in total. The second kappa shape index (κ2) is 36.1. The van der Waals surface area contributed by atoms with Crippen molar-refractivity contribution in [1.29, 1.82) is 0 Å². The Bertz CT molecular complexity index is 3710. The molecule has 0 bridgehead atoms. The largest absolute Gasteiger partial charge is 0.496 e. The van der Waals surface area contributed by atoms with E-state index in [0.29, 0.717) is 32.8 Å². The first-order chi connectivity index (χ1) is 47.5. The van der Waals surface area contributed by atoms with E-state index >= 15 is 0 Å². The van der Waals surface area contributed by atoms with Gasteiger partial charge in [-0.3, -0.25) is 9.97 Å². The highest BCUT2D eigenvalue weighted by Crippen LogP contribution is 2.37. The molecule has 0 spiro atoms. The summed E-state index contributed by atoms with van der Waals surface area (Å²) >= 11 is 2.35. The second-order valence-electron chi connectivity index (χ2n) is 33.9. The first kappa shape index (κ1) is 79.1. The molecular weight excluding hydrogens is 1420 g/mol. The van der Waals surface area contributed by atoms with Gasteiger partial charge in [0.15, 0.2) is 11.3 Å². The average molecular weight is 1540 g/mol. The first-order valence-corrected chi connectivity index (χ1v) is 53.0. The van der Waals surface area contributed by atoms with E-state index < -0.39 is 32.3 Å². The molecule has 1 aliphatic heterocycles. The van der Waals surface area contributed by atoms with Crippen molar-refractivity contribution in [2.75, 3.05) is 63.2 Å². The van der Waals surface area contributed by atoms with Gasteiger partial charge >= 0.3 is 7.12 Å². The Kier molecular flexibility index (Phi) is 28.6. The van der Waals surface area contributed by atoms with Crippen LogP contribution in [0.3, 0.4) is 0 Å². The molecule has 3 aliphatic rings. The molecule has 8 aromatic rings. The third-order valence-corrected chi connectivity index (χ3v) is 27.1. The SMILES string of the molecule is CC1(C)OB(c2ccc(-c3ccccc3)nc2)OC1(C)C.C[Si](C)(C)CCOCN(COCC[Si](C)(C)C)c1cc(CC2CCCCC2)nc2c(-c3ccc(-c4ccccc4)nc3)cnn12.C[Si](C)(C)CCOCN(COCC[Si](C)(C)C)c1cc(CC2CCCCC2)nc2c(I)cnn12. The van der Waals surface area contributed by atoms with Gasteiger partial charge in [0.1, 0.15) is 38.6 Å². The summed E-state index contributed by atoms with van der Waals surface area (Å²) in [6.07, 6.45) is 22.9. The Morgan fingerprint density at radius 3 is 1.25 bits per heavy atom. The lowest BCUT2D eigenvalue weighted by molar-refractivity contribution is 0.00578. The van der Waals surface area contributed by atoms with Crippen molar-refractivity contribution >= 4 is 90.4 Å². The summed E-state index contributed by atoms with van der Waals surface area (Å²) in [6, 6.07) is 37.8. The predicted molar refractivity (Wildman–Crippen MR) is 434 cm³/mol. The first-order valence-electron chi connectivity index (χ1n) is 37.1. The van der Waals surface area contributed by atoms with Crippen LogP contribution < -0.4 is 15.3 Å². The van der Waals surface area contributed by atoms with Gasteiger partial charge in [0, 0.05) is 122 Å². The number of pyridine rings is 2. The van der Waals surface area contributed by atoms with Crippen LogP contribution in [0, 0.1) is 15.4 Å². The van der Waals surface area contributed by atoms with Crippen LogP contribution in [0.5, 0.6) is 0 Å². The van der Waals surface area contributed by atoms with E-state index in [2.05, 4.69) is 197 Å². The van der Waals surface area contributed by atoms with E-state index in [1.54, 1.807) is 0 Å². The van der Waals surface area contributed by atoms with Gasteiger partial charge in [-0.05, 0) is 111 Å². The smallest absolute Gasteiger partial charge is 0.399 e. The van der Waals surface area contributed by atoms with Crippen LogP contribution in [0.4, 0.5) is 11.6 Å². The van der Waals surface area contributed by atoms with E-state index in [0.717, 1.165) is 141 Å². The molecule has 0 radical (unpaired) electrons. The molecule has 11 rings (SSSR count). The molecule has 2 aromatic carbocycles. The van der Waals surface area contributed by atoms with Gasteiger partial charge in [-0.1, -0.05) is 216 Å². The molecule has 0 atom stereocenters. The molecule has 1 saturated heterocycles. The number of ether oxygens (including phenoxy) is 4. The van der Waals surface area contributed by atoms with Crippen LogP contribution in [0.15, 0.2) is 122 Å². The molecule has 0 N–H and O–H groups in total. The van der Waals surface area contributed by atoms with E-state index in [9.17, 15) is 0 Å². The van der Waals surface area contributed by atoms with Gasteiger partial charge in [0.2, 0.25) is 0 Å². The van der Waals surface area contributed by atoms with Crippen LogP contribution in [0.2, 0.25) is 103 Å². The molecule has 6 aromatic heterocycles. The summed E-state index contributed by atoms with van der Waals surface area (Å²) < 4.78 is 42.1. The van der Waals surface area contributed by atoms with Gasteiger partial charge in [0.05, 0.1) is 38.6 Å². The summed E-state index contributed by atoms with van der Waals surface area (Å²) in [6.45, 7) is 42.0. The maximum absolute atomic E-state index is 6.33. The minimum Gasteiger partial charge on any atom is -0.399 e. The topological polar surface area (TPSA) is 148 Å². The lowest BCUT2D eigenvalue weighted by Gasteiger charge is -2.32. The van der Waals surface area contributed by atoms with Gasteiger partial charge in [-0.25, -0.2) is 9.97 Å². The number of anilines is 2. The number of fused-ring (bicyclic) bond motifs is 2. The summed E-state index contributed by atoms with van der Waals surface area (Å²) in [7, 11) is -5.03. The van der Waals surface area contributed by atoms with E-state index in [4.69, 9.17) is 48.3 Å². The molecule has 3 fully saturated rings. The number of halogens is 1. The fourth-order valence-corrected chi connectivity index (χ4v) is 15.9. The summed E-state index contributed by atoms with van der Waals surface area (Å²) in [4.78, 5) is 24.0. The number of hydrogen-bond donors (Lipinski definition) is 0. The zero-order chi connectivity index (χ0) is 71.7. The molecule has 7 heterocycles. The van der Waals surface area contributed by atoms with Crippen molar-refractivity contribution < 1.29 is 28.3 Å². The van der Waals surface area contributed by atoms with E-state index in [-0.39, 0.29) is 18.3 Å². The average Bonchev–Trinajstić information content (AvgIpc) is 1.60. The van der Waals surface area contributed by atoms with Crippen LogP contribution >= 0.6 is 22.6 Å². The van der Waals surface area contributed by atoms with Crippen molar-refractivity contribution in [3.8, 4) is 33.6 Å². The maximum atomic E-state index is 6.33. The highest BCUT2D eigenvalue weighted by atomic mass is 127. The highest BCUT2D eigenvalue weighted by Gasteiger charge is 2.52. The Morgan fingerprint density at radius 1 is 0.470 bits per heavy atom. The quantitative estimate of drug-likeness (QED) is 0.0182. The van der Waals surface area contributed by atoms with Gasteiger partial charge in [-0.2, -0.15) is 19.2 Å². The standard InChI is InChI=1S/C36H53N5O2Si2.C25H45IN4O2Si2.C17H20BNO2/c1-44(2,3)21-19-42-27-40(28-43-20-22-45(4,5)6)35-24-32(23-29-13-9-7-10-14-29)39-36-33(26-38-41(35)36)31-17-18-34(37-25-31)30-15-11-8-12-16-30;1-33(2,3)14-12-31-19-29(20-32-13-15-34(4,5)6)24-17-22(16-21-10-8-7-9-11-21)28-25-23(26)18-27-30(24)25;1-16(2)17(3,4)21-18(20-16)14-10-11-15(19-12-14)13-8-6-5-7-9-13/h8,11-12,15-18,24-26,29H,7,9-10,13-14,19-23,27-28H2,1-6H3;17-18,21H,7-16,19-20H2,1-6H3;5-12H,1-4H3. The fraction of sp³-hybridized carbons (Fsp3) is 0.564. The fourth-order valence-electron chi connectivity index (χ4n) is 12.4. The molecule has 542 valence electrons. The summed E-state index contributed by atoms with van der Waals surface area (Å²) in [5.41, 5.74) is 10.5. The van der Waals surface area contributed by atoms with E-state index in [1.807, 2.05) is 82.3 Å². The van der Waals surface area contributed by atoms with Crippen molar-refractivity contribution in [3.05, 3.63) is 137 Å². The Morgan fingerprint density at radius 2 is 0.860 bits per heavy atom. The number of benzene rings is 2. The van der Waals surface area contributed by atoms with Crippen molar-refractivity contribution in [3.63, 3.8) is 0 Å². The van der Waals surface area contributed by atoms with Crippen molar-refractivity contribution in [2.45, 2.75) is 219 Å². The molecule has 22 heteroatoms. The normalized spacial score (nSPS) is 16.1. The molecule has 0 amide bonds. The third-order valence-electron chi connectivity index (χ3n) is 19.6. The van der Waals surface area contributed by atoms with Crippen LogP contribution in [0.25, 0.3) is 44.9 Å². The van der Waals surface area contributed by atoms with Gasteiger partial charge in [-0.15, -0.1) is 0 Å². The van der Waals surface area contributed by atoms with Gasteiger partial charge in [0.25, 0.3) is 0 Å². The molecule has 2 saturated carbocycles. The minimum atomic E-state index is -1.20. The molecule has 2 aliphatic carbocycles. The minimum absolute atomic E-state index is 0.324. The summed E-state index contributed by atoms with van der Waals surface area (Å²) in [5, 5.41) is 9.58. The third kappa shape index (κ3) is 24.3. The second-order valence-corrected chi connectivity index (χ2v) is 57.5. The molecular formula is C78H118BIN10O6Si4.